The van der Waals surface area contributed by atoms with Crippen molar-refractivity contribution in [3.05, 3.63) is 34.9 Å². The number of benzene rings is 1. The summed E-state index contributed by atoms with van der Waals surface area (Å²) < 4.78 is 0. The highest BCUT2D eigenvalue weighted by molar-refractivity contribution is 6.31. The second-order valence-corrected chi connectivity index (χ2v) is 6.64. The molecule has 1 unspecified atom stereocenters. The number of nitrogens with one attached hydrogen (secondary N) is 1. The molecule has 0 heterocycles. The smallest absolute Gasteiger partial charge is 0.0438 e. The molecule has 1 nitrogen and oxygen atoms in total. The molecule has 0 aliphatic heterocycles. The fourth-order valence-corrected chi connectivity index (χ4v) is 2.37. The minimum Gasteiger partial charge on any atom is -0.317 e. The van der Waals surface area contributed by atoms with E-state index in [0.717, 1.165) is 11.4 Å². The minimum atomic E-state index is 0.433. The van der Waals surface area contributed by atoms with E-state index >= 15 is 0 Å². The van der Waals surface area contributed by atoms with Gasteiger partial charge >= 0.3 is 0 Å². The van der Waals surface area contributed by atoms with Crippen LogP contribution < -0.4 is 5.32 Å². The summed E-state index contributed by atoms with van der Waals surface area (Å²) in [7, 11) is 2.04. The summed E-state index contributed by atoms with van der Waals surface area (Å²) >= 11 is 6.20. The third-order valence-corrected chi connectivity index (χ3v) is 3.68. The van der Waals surface area contributed by atoms with Crippen molar-refractivity contribution in [2.75, 3.05) is 7.05 Å². The SMILES string of the molecule is CNC(CCCC(C)(C)C)Cc1ccccc1Cl. The maximum absolute atomic E-state index is 6.20. The number of rotatable bonds is 6. The van der Waals surface area contributed by atoms with Crippen LogP contribution in [0.25, 0.3) is 0 Å². The van der Waals surface area contributed by atoms with E-state index in [1.807, 2.05) is 19.2 Å². The third-order valence-electron chi connectivity index (χ3n) is 3.31. The van der Waals surface area contributed by atoms with Crippen LogP contribution in [0.2, 0.25) is 5.02 Å². The average molecular weight is 268 g/mol. The fraction of sp³-hybridized carbons (Fsp3) is 0.625. The number of hydrogen-bond donors (Lipinski definition) is 1. The number of halogens is 1. The van der Waals surface area contributed by atoms with Gasteiger partial charge in [-0.1, -0.05) is 57.0 Å². The monoisotopic (exact) mass is 267 g/mol. The molecule has 1 aromatic carbocycles. The van der Waals surface area contributed by atoms with Gasteiger partial charge in [-0.05, 0) is 43.4 Å². The Bertz CT molecular complexity index is 354. The Hall–Kier alpha value is -0.530. The predicted molar refractivity (Wildman–Crippen MR) is 81.3 cm³/mol. The summed E-state index contributed by atoms with van der Waals surface area (Å²) in [4.78, 5) is 0. The van der Waals surface area contributed by atoms with Crippen LogP contribution in [0.4, 0.5) is 0 Å². The molecule has 1 rings (SSSR count). The van der Waals surface area contributed by atoms with Crippen molar-refractivity contribution >= 4 is 11.6 Å². The fourth-order valence-electron chi connectivity index (χ4n) is 2.16. The van der Waals surface area contributed by atoms with E-state index in [0.29, 0.717) is 11.5 Å². The van der Waals surface area contributed by atoms with Gasteiger partial charge in [-0.15, -0.1) is 0 Å². The maximum Gasteiger partial charge on any atom is 0.0438 e. The van der Waals surface area contributed by atoms with Gasteiger partial charge in [-0.25, -0.2) is 0 Å². The standard InChI is InChI=1S/C16H26ClN/c1-16(2,3)11-7-9-14(18-4)12-13-8-5-6-10-15(13)17/h5-6,8,10,14,18H,7,9,11-12H2,1-4H3. The molecule has 0 saturated heterocycles. The highest BCUT2D eigenvalue weighted by Crippen LogP contribution is 2.23. The maximum atomic E-state index is 6.20. The molecule has 0 aliphatic carbocycles. The van der Waals surface area contributed by atoms with Crippen LogP contribution in [0, 0.1) is 5.41 Å². The summed E-state index contributed by atoms with van der Waals surface area (Å²) in [6.45, 7) is 6.90. The molecule has 0 aromatic heterocycles. The van der Waals surface area contributed by atoms with Gasteiger partial charge in [-0.3, -0.25) is 0 Å². The van der Waals surface area contributed by atoms with E-state index in [2.05, 4.69) is 38.2 Å². The van der Waals surface area contributed by atoms with Crippen LogP contribution in [0.3, 0.4) is 0 Å². The lowest BCUT2D eigenvalue weighted by Crippen LogP contribution is -2.28. The minimum absolute atomic E-state index is 0.433. The molecule has 0 fully saturated rings. The zero-order chi connectivity index (χ0) is 13.6. The van der Waals surface area contributed by atoms with Crippen molar-refractivity contribution in [1.29, 1.82) is 0 Å². The van der Waals surface area contributed by atoms with Gasteiger partial charge in [0, 0.05) is 11.1 Å². The Morgan fingerprint density at radius 1 is 1.22 bits per heavy atom. The Morgan fingerprint density at radius 2 is 1.89 bits per heavy atom. The lowest BCUT2D eigenvalue weighted by atomic mass is 9.88. The first kappa shape index (κ1) is 15.5. The van der Waals surface area contributed by atoms with Gasteiger partial charge in [-0.2, -0.15) is 0 Å². The van der Waals surface area contributed by atoms with Crippen molar-refractivity contribution in [1.82, 2.24) is 5.32 Å². The molecule has 0 radical (unpaired) electrons. The topological polar surface area (TPSA) is 12.0 Å². The van der Waals surface area contributed by atoms with Crippen molar-refractivity contribution in [2.45, 2.75) is 52.5 Å². The summed E-state index contributed by atoms with van der Waals surface area (Å²) in [5, 5.41) is 4.29. The summed E-state index contributed by atoms with van der Waals surface area (Å²) in [5.41, 5.74) is 1.68. The Labute approximate surface area is 117 Å². The summed E-state index contributed by atoms with van der Waals surface area (Å²) in [5.74, 6) is 0. The van der Waals surface area contributed by atoms with E-state index in [-0.39, 0.29) is 0 Å². The zero-order valence-electron chi connectivity index (χ0n) is 12.1. The van der Waals surface area contributed by atoms with Crippen molar-refractivity contribution in [2.24, 2.45) is 5.41 Å². The van der Waals surface area contributed by atoms with E-state index in [9.17, 15) is 0 Å². The molecular formula is C16H26ClN. The van der Waals surface area contributed by atoms with Crippen LogP contribution in [0.15, 0.2) is 24.3 Å². The van der Waals surface area contributed by atoms with Crippen molar-refractivity contribution in [3.63, 3.8) is 0 Å². The van der Waals surface area contributed by atoms with E-state index in [1.165, 1.54) is 24.8 Å². The van der Waals surface area contributed by atoms with E-state index < -0.39 is 0 Å². The highest BCUT2D eigenvalue weighted by atomic mass is 35.5. The zero-order valence-corrected chi connectivity index (χ0v) is 12.8. The van der Waals surface area contributed by atoms with E-state index in [1.54, 1.807) is 0 Å². The van der Waals surface area contributed by atoms with E-state index in [4.69, 9.17) is 11.6 Å². The Balaban J connectivity index is 2.45. The Kier molecular flexibility index (Phi) is 6.17. The van der Waals surface area contributed by atoms with Gasteiger partial charge in [0.25, 0.3) is 0 Å². The van der Waals surface area contributed by atoms with Crippen LogP contribution in [-0.2, 0) is 6.42 Å². The van der Waals surface area contributed by atoms with Gasteiger partial charge in [0.15, 0.2) is 0 Å². The van der Waals surface area contributed by atoms with Gasteiger partial charge in [0.1, 0.15) is 0 Å². The average Bonchev–Trinajstić information content (AvgIpc) is 2.29. The van der Waals surface area contributed by atoms with Gasteiger partial charge in [0.2, 0.25) is 0 Å². The second-order valence-electron chi connectivity index (χ2n) is 6.23. The predicted octanol–water partition coefficient (Wildman–Crippen LogP) is 4.69. The first-order valence-corrected chi connectivity index (χ1v) is 7.21. The molecule has 18 heavy (non-hydrogen) atoms. The number of hydrogen-bond acceptors (Lipinski definition) is 1. The van der Waals surface area contributed by atoms with Crippen LogP contribution in [0.5, 0.6) is 0 Å². The van der Waals surface area contributed by atoms with Crippen molar-refractivity contribution < 1.29 is 0 Å². The summed E-state index contributed by atoms with van der Waals surface area (Å²) in [6, 6.07) is 8.66. The molecule has 0 amide bonds. The molecule has 0 bridgehead atoms. The molecule has 102 valence electrons. The van der Waals surface area contributed by atoms with Gasteiger partial charge in [0.05, 0.1) is 0 Å². The molecule has 1 aromatic rings. The molecule has 0 saturated carbocycles. The van der Waals surface area contributed by atoms with Crippen molar-refractivity contribution in [3.8, 4) is 0 Å². The van der Waals surface area contributed by atoms with Crippen LogP contribution in [0.1, 0.15) is 45.6 Å². The molecule has 0 aliphatic rings. The first-order valence-electron chi connectivity index (χ1n) is 6.83. The quantitative estimate of drug-likeness (QED) is 0.789. The first-order chi connectivity index (χ1) is 8.42. The lowest BCUT2D eigenvalue weighted by molar-refractivity contribution is 0.345. The largest absolute Gasteiger partial charge is 0.317 e. The molecule has 0 spiro atoms. The normalized spacial score (nSPS) is 13.6. The highest BCUT2D eigenvalue weighted by Gasteiger charge is 2.13. The number of likely N-dealkylation sites (N-methyl/N-ethyl adjacent to an activating group) is 1. The van der Waals surface area contributed by atoms with Crippen LogP contribution in [-0.4, -0.2) is 13.1 Å². The molecule has 2 heteroatoms. The van der Waals surface area contributed by atoms with Crippen LogP contribution >= 0.6 is 11.6 Å². The lowest BCUT2D eigenvalue weighted by Gasteiger charge is -2.21. The Morgan fingerprint density at radius 3 is 2.44 bits per heavy atom. The molecule has 1 atom stereocenters. The summed E-state index contributed by atoms with van der Waals surface area (Å²) in [6.07, 6.45) is 4.76. The second kappa shape index (κ2) is 7.16. The van der Waals surface area contributed by atoms with Gasteiger partial charge < -0.3 is 5.32 Å². The molecule has 1 N–H and O–H groups in total. The third kappa shape index (κ3) is 5.88. The molecular weight excluding hydrogens is 242 g/mol.